The van der Waals surface area contributed by atoms with E-state index in [-0.39, 0.29) is 23.8 Å². The van der Waals surface area contributed by atoms with Gasteiger partial charge in [-0.1, -0.05) is 12.6 Å². The van der Waals surface area contributed by atoms with Crippen LogP contribution in [0.1, 0.15) is 54.5 Å². The molecule has 42 heavy (non-hydrogen) atoms. The van der Waals surface area contributed by atoms with Crippen molar-refractivity contribution in [3.8, 4) is 17.8 Å². The summed E-state index contributed by atoms with van der Waals surface area (Å²) in [5.74, 6) is 1.72. The fourth-order valence-electron chi connectivity index (χ4n) is 7.54. The quantitative estimate of drug-likeness (QED) is 0.465. The number of anilines is 1. The second-order valence-electron chi connectivity index (χ2n) is 12.5. The molecular weight excluding hydrogens is 528 g/mol. The van der Waals surface area contributed by atoms with E-state index in [9.17, 15) is 10.1 Å². The summed E-state index contributed by atoms with van der Waals surface area (Å²) in [7, 11) is 3.88. The number of hydrogen-bond donors (Lipinski definition) is 0. The van der Waals surface area contributed by atoms with Gasteiger partial charge in [-0.3, -0.25) is 4.79 Å². The smallest absolute Gasteiger partial charge is 0.318 e. The number of rotatable bonds is 7. The zero-order valence-electron chi connectivity index (χ0n) is 25.0. The number of aromatic nitrogens is 2. The first kappa shape index (κ1) is 28.5. The molecule has 2 unspecified atom stereocenters. The van der Waals surface area contributed by atoms with Gasteiger partial charge in [-0.2, -0.15) is 15.2 Å². The van der Waals surface area contributed by atoms with Gasteiger partial charge in [0.2, 0.25) is 5.91 Å². The monoisotopic (exact) mass is 570 g/mol. The number of nitriles is 1. The number of methoxy groups -OCH3 is 1. The van der Waals surface area contributed by atoms with Gasteiger partial charge in [0, 0.05) is 31.2 Å². The molecule has 0 N–H and O–H groups in total. The Bertz CT molecular complexity index is 1390. The van der Waals surface area contributed by atoms with Gasteiger partial charge < -0.3 is 24.2 Å². The van der Waals surface area contributed by atoms with E-state index in [1.54, 1.807) is 12.0 Å². The van der Waals surface area contributed by atoms with Gasteiger partial charge in [-0.15, -0.1) is 0 Å². The zero-order valence-corrected chi connectivity index (χ0v) is 25.0. The number of aryl methyl sites for hydroxylation is 1. The molecule has 1 amide bonds. The number of likely N-dealkylation sites (N-methyl/N-ethyl adjacent to an activating group) is 1. The van der Waals surface area contributed by atoms with Crippen LogP contribution in [0.2, 0.25) is 0 Å². The van der Waals surface area contributed by atoms with Crippen molar-refractivity contribution in [2.24, 2.45) is 5.41 Å². The maximum absolute atomic E-state index is 12.5. The summed E-state index contributed by atoms with van der Waals surface area (Å²) in [6.45, 7) is 7.07. The molecule has 6 rings (SSSR count). The molecule has 222 valence electrons. The van der Waals surface area contributed by atoms with Crippen LogP contribution < -0.4 is 14.4 Å². The van der Waals surface area contributed by atoms with E-state index < -0.39 is 0 Å². The lowest BCUT2D eigenvalue weighted by Crippen LogP contribution is -2.55. The van der Waals surface area contributed by atoms with Crippen LogP contribution in [0.5, 0.6) is 11.8 Å². The molecule has 2 aromatic rings. The Kier molecular flexibility index (Phi) is 8.09. The first-order valence-corrected chi connectivity index (χ1v) is 15.4. The first-order chi connectivity index (χ1) is 20.4. The number of amides is 1. The Morgan fingerprint density at radius 1 is 1.17 bits per heavy atom. The van der Waals surface area contributed by atoms with E-state index in [0.717, 1.165) is 68.8 Å². The van der Waals surface area contributed by atoms with Crippen LogP contribution in [0.15, 0.2) is 30.9 Å². The zero-order chi connectivity index (χ0) is 29.3. The van der Waals surface area contributed by atoms with Gasteiger partial charge >= 0.3 is 6.01 Å². The van der Waals surface area contributed by atoms with Gasteiger partial charge in [-0.05, 0) is 99.7 Å². The first-order valence-electron chi connectivity index (χ1n) is 15.4. The van der Waals surface area contributed by atoms with E-state index in [2.05, 4.69) is 47.7 Å². The average molecular weight is 571 g/mol. The fraction of sp³-hybridized carbons (Fsp3) is 0.576. The van der Waals surface area contributed by atoms with E-state index in [4.69, 9.17) is 19.4 Å². The molecule has 2 fully saturated rings. The van der Waals surface area contributed by atoms with Gasteiger partial charge in [-0.25, -0.2) is 0 Å². The number of carbonyl (C=O) groups is 1. The van der Waals surface area contributed by atoms with Crippen molar-refractivity contribution in [2.75, 3.05) is 51.8 Å². The standard InChI is InChI=1S/C33H42N6O3/c1-4-30(40)39-17-16-38(21-25(39)11-14-34)31-28-10-13-33(12-9-23-18-27(41-3)8-7-24(23)19-33)20-29(28)35-32(36-31)42-22-26-6-5-15-37(26)2/h4,7-8,18,25-26H,1,5-6,9-13,15-17,19-22H2,2-3H3/t25?,26?,33-/m0/s1. The van der Waals surface area contributed by atoms with Crippen LogP contribution in [-0.2, 0) is 30.5 Å². The average Bonchev–Trinajstić information content (AvgIpc) is 3.43. The molecule has 3 heterocycles. The molecule has 9 heteroatoms. The molecule has 0 radical (unpaired) electrons. The summed E-state index contributed by atoms with van der Waals surface area (Å²) >= 11 is 0. The van der Waals surface area contributed by atoms with Crippen LogP contribution in [0.4, 0.5) is 5.82 Å². The lowest BCUT2D eigenvalue weighted by atomic mass is 9.63. The summed E-state index contributed by atoms with van der Waals surface area (Å²) in [5.41, 5.74) is 5.28. The van der Waals surface area contributed by atoms with E-state index in [1.807, 2.05) is 0 Å². The Morgan fingerprint density at radius 2 is 2.02 bits per heavy atom. The Labute approximate surface area is 249 Å². The molecule has 1 aromatic heterocycles. The Balaban J connectivity index is 1.30. The van der Waals surface area contributed by atoms with Crippen LogP contribution in [-0.4, -0.2) is 84.7 Å². The number of piperazine rings is 1. The maximum Gasteiger partial charge on any atom is 0.318 e. The lowest BCUT2D eigenvalue weighted by Gasteiger charge is -2.44. The molecule has 2 saturated heterocycles. The second-order valence-corrected chi connectivity index (χ2v) is 12.5. The number of likely N-dealkylation sites (tertiary alicyclic amines) is 1. The minimum atomic E-state index is -0.210. The van der Waals surface area contributed by atoms with Gasteiger partial charge in [0.1, 0.15) is 18.2 Å². The Hall–Kier alpha value is -3.64. The van der Waals surface area contributed by atoms with Crippen molar-refractivity contribution >= 4 is 11.7 Å². The third kappa shape index (κ3) is 5.57. The van der Waals surface area contributed by atoms with E-state index in [1.165, 1.54) is 29.2 Å². The highest BCUT2D eigenvalue weighted by molar-refractivity contribution is 5.87. The molecule has 2 aliphatic carbocycles. The maximum atomic E-state index is 12.5. The van der Waals surface area contributed by atoms with Crippen LogP contribution >= 0.6 is 0 Å². The molecule has 1 aromatic carbocycles. The van der Waals surface area contributed by atoms with Crippen molar-refractivity contribution in [1.82, 2.24) is 19.8 Å². The summed E-state index contributed by atoms with van der Waals surface area (Å²) < 4.78 is 11.8. The highest BCUT2D eigenvalue weighted by Gasteiger charge is 2.41. The number of hydrogen-bond acceptors (Lipinski definition) is 8. The predicted molar refractivity (Wildman–Crippen MR) is 161 cm³/mol. The number of ether oxygens (including phenoxy) is 2. The summed E-state index contributed by atoms with van der Waals surface area (Å²) in [4.78, 5) is 29.0. The SMILES string of the molecule is C=CC(=O)N1CCN(c2nc(OCC3CCCN3C)nc3c2CC[C@]2(CCc4cc(OC)ccc4C2)C3)CC1CC#N. The van der Waals surface area contributed by atoms with Gasteiger partial charge in [0.25, 0.3) is 0 Å². The minimum absolute atomic E-state index is 0.124. The minimum Gasteiger partial charge on any atom is -0.497 e. The summed E-state index contributed by atoms with van der Waals surface area (Å²) in [6.07, 6.45) is 10.0. The molecule has 0 bridgehead atoms. The van der Waals surface area contributed by atoms with Gasteiger partial charge in [0.05, 0.1) is 31.3 Å². The van der Waals surface area contributed by atoms with Crippen LogP contribution in [0, 0.1) is 16.7 Å². The van der Waals surface area contributed by atoms with Crippen LogP contribution in [0.3, 0.4) is 0 Å². The van der Waals surface area contributed by atoms with E-state index >= 15 is 0 Å². The van der Waals surface area contributed by atoms with Crippen molar-refractivity contribution < 1.29 is 14.3 Å². The highest BCUT2D eigenvalue weighted by Crippen LogP contribution is 2.47. The molecule has 3 atom stereocenters. The normalized spacial score (nSPS) is 25.5. The largest absolute Gasteiger partial charge is 0.497 e. The molecule has 1 spiro atoms. The summed E-state index contributed by atoms with van der Waals surface area (Å²) in [6, 6.07) is 9.40. The summed E-state index contributed by atoms with van der Waals surface area (Å²) in [5, 5.41) is 9.53. The van der Waals surface area contributed by atoms with E-state index in [0.29, 0.717) is 38.3 Å². The predicted octanol–water partition coefficient (Wildman–Crippen LogP) is 3.74. The molecular formula is C33H42N6O3. The molecule has 2 aliphatic heterocycles. The number of carbonyl (C=O) groups excluding carboxylic acids is 1. The third-order valence-corrected chi connectivity index (χ3v) is 10.0. The Morgan fingerprint density at radius 3 is 2.79 bits per heavy atom. The number of benzene rings is 1. The fourth-order valence-corrected chi connectivity index (χ4v) is 7.54. The topological polar surface area (TPSA) is 94.8 Å². The van der Waals surface area contributed by atoms with Crippen LogP contribution in [0.25, 0.3) is 0 Å². The molecule has 0 saturated carbocycles. The van der Waals surface area contributed by atoms with Crippen molar-refractivity contribution in [3.63, 3.8) is 0 Å². The second kappa shape index (κ2) is 11.9. The number of nitrogens with zero attached hydrogens (tertiary/aromatic N) is 6. The molecule has 9 nitrogen and oxygen atoms in total. The third-order valence-electron chi connectivity index (χ3n) is 10.0. The van der Waals surface area contributed by atoms with Crippen molar-refractivity contribution in [3.05, 3.63) is 53.2 Å². The number of fused-ring (bicyclic) bond motifs is 2. The highest BCUT2D eigenvalue weighted by atomic mass is 16.5. The van der Waals surface area contributed by atoms with Crippen molar-refractivity contribution in [1.29, 1.82) is 5.26 Å². The van der Waals surface area contributed by atoms with Crippen molar-refractivity contribution in [2.45, 2.75) is 69.9 Å². The van der Waals surface area contributed by atoms with Gasteiger partial charge in [0.15, 0.2) is 0 Å². The lowest BCUT2D eigenvalue weighted by molar-refractivity contribution is -0.128. The molecule has 4 aliphatic rings.